The molecule has 0 fully saturated rings. The molecule has 0 aliphatic rings. The summed E-state index contributed by atoms with van der Waals surface area (Å²) in [5.74, 6) is 0.432. The highest BCUT2D eigenvalue weighted by atomic mass is 79.9. The van der Waals surface area contributed by atoms with Crippen LogP contribution in [0.5, 0.6) is 5.75 Å². The predicted molar refractivity (Wildman–Crippen MR) is 70.1 cm³/mol. The molecule has 2 aromatic rings. The molecule has 6 nitrogen and oxygen atoms in total. The number of H-pyrrole nitrogens is 1. The van der Waals surface area contributed by atoms with Gasteiger partial charge in [0.25, 0.3) is 10.0 Å². The van der Waals surface area contributed by atoms with E-state index in [-0.39, 0.29) is 5.03 Å². The summed E-state index contributed by atoms with van der Waals surface area (Å²) in [5.41, 5.74) is 0.349. The summed E-state index contributed by atoms with van der Waals surface area (Å²) in [6.07, 6.45) is 2.53. The molecule has 0 aliphatic carbocycles. The van der Waals surface area contributed by atoms with E-state index in [1.807, 2.05) is 0 Å². The van der Waals surface area contributed by atoms with Gasteiger partial charge in [-0.25, -0.2) is 4.98 Å². The molecule has 8 heteroatoms. The number of hydrogen-bond donors (Lipinski definition) is 2. The normalized spacial score (nSPS) is 11.2. The first-order chi connectivity index (χ1) is 8.53. The number of halogens is 1. The van der Waals surface area contributed by atoms with Crippen LogP contribution >= 0.6 is 15.9 Å². The number of aromatic amines is 1. The second kappa shape index (κ2) is 4.99. The molecule has 2 N–H and O–H groups in total. The number of imidazole rings is 1. The summed E-state index contributed by atoms with van der Waals surface area (Å²) < 4.78 is 32.2. The third-order valence-corrected chi connectivity index (χ3v) is 3.95. The highest BCUT2D eigenvalue weighted by Crippen LogP contribution is 2.29. The Kier molecular flexibility index (Phi) is 3.58. The second-order valence-electron chi connectivity index (χ2n) is 3.37. The van der Waals surface area contributed by atoms with Crippen LogP contribution in [0.1, 0.15) is 0 Å². The van der Waals surface area contributed by atoms with Crippen molar-refractivity contribution in [3.05, 3.63) is 35.2 Å². The number of rotatable bonds is 4. The van der Waals surface area contributed by atoms with Crippen LogP contribution in [0.3, 0.4) is 0 Å². The molecule has 0 amide bonds. The molecular formula is C10H10BrN3O3S. The van der Waals surface area contributed by atoms with Crippen molar-refractivity contribution >= 4 is 31.6 Å². The molecule has 0 saturated heterocycles. The Labute approximate surface area is 113 Å². The number of methoxy groups -OCH3 is 1. The highest BCUT2D eigenvalue weighted by Gasteiger charge is 2.17. The maximum Gasteiger partial charge on any atom is 0.279 e. The number of aromatic nitrogens is 2. The fraction of sp³-hybridized carbons (Fsp3) is 0.100. The molecule has 0 saturated carbocycles. The van der Waals surface area contributed by atoms with Gasteiger partial charge >= 0.3 is 0 Å². The zero-order valence-electron chi connectivity index (χ0n) is 9.34. The molecule has 1 aromatic carbocycles. The van der Waals surface area contributed by atoms with Gasteiger partial charge in [-0.15, -0.1) is 0 Å². The first-order valence-corrected chi connectivity index (χ1v) is 7.15. The van der Waals surface area contributed by atoms with Gasteiger partial charge in [-0.3, -0.25) is 4.72 Å². The Bertz CT molecular complexity index is 640. The first kappa shape index (κ1) is 12.9. The lowest BCUT2D eigenvalue weighted by molar-refractivity contribution is 0.417. The fourth-order valence-electron chi connectivity index (χ4n) is 1.35. The molecule has 0 radical (unpaired) electrons. The number of hydrogen-bond acceptors (Lipinski definition) is 4. The van der Waals surface area contributed by atoms with Crippen molar-refractivity contribution in [2.24, 2.45) is 0 Å². The minimum absolute atomic E-state index is 0.00970. The van der Waals surface area contributed by atoms with Gasteiger partial charge in [0.2, 0.25) is 0 Å². The quantitative estimate of drug-likeness (QED) is 0.897. The van der Waals surface area contributed by atoms with Crippen molar-refractivity contribution in [1.82, 2.24) is 9.97 Å². The first-order valence-electron chi connectivity index (χ1n) is 4.87. The Balaban J connectivity index is 2.37. The number of nitrogens with zero attached hydrogens (tertiary/aromatic N) is 1. The van der Waals surface area contributed by atoms with Gasteiger partial charge in [0, 0.05) is 4.47 Å². The van der Waals surface area contributed by atoms with Crippen molar-refractivity contribution in [2.45, 2.75) is 5.03 Å². The standard InChI is InChI=1S/C10H10BrN3O3S/c1-17-9-3-2-7(11)4-8(9)14-18(15,16)10-5-12-6-13-10/h2-6,14H,1H3,(H,12,13). The second-order valence-corrected chi connectivity index (χ2v) is 5.93. The van der Waals surface area contributed by atoms with E-state index in [0.717, 1.165) is 4.47 Å². The van der Waals surface area contributed by atoms with E-state index in [1.165, 1.54) is 19.6 Å². The zero-order valence-corrected chi connectivity index (χ0v) is 11.7. The van der Waals surface area contributed by atoms with Crippen LogP contribution in [-0.4, -0.2) is 25.5 Å². The van der Waals surface area contributed by atoms with Crippen LogP contribution < -0.4 is 9.46 Å². The maximum atomic E-state index is 12.0. The van der Waals surface area contributed by atoms with E-state index in [2.05, 4.69) is 30.6 Å². The van der Waals surface area contributed by atoms with Crippen LogP contribution in [-0.2, 0) is 10.0 Å². The van der Waals surface area contributed by atoms with Gasteiger partial charge in [0.15, 0.2) is 5.03 Å². The molecule has 96 valence electrons. The van der Waals surface area contributed by atoms with E-state index in [1.54, 1.807) is 18.2 Å². The highest BCUT2D eigenvalue weighted by molar-refractivity contribution is 9.10. The molecule has 0 spiro atoms. The lowest BCUT2D eigenvalue weighted by Gasteiger charge is -2.11. The van der Waals surface area contributed by atoms with Gasteiger partial charge < -0.3 is 9.72 Å². The minimum Gasteiger partial charge on any atom is -0.495 e. The molecule has 1 heterocycles. The topological polar surface area (TPSA) is 84.1 Å². The van der Waals surface area contributed by atoms with E-state index < -0.39 is 10.0 Å². The summed E-state index contributed by atoms with van der Waals surface area (Å²) in [5, 5.41) is -0.00970. The van der Waals surface area contributed by atoms with E-state index in [9.17, 15) is 8.42 Å². The van der Waals surface area contributed by atoms with Gasteiger partial charge in [-0.05, 0) is 18.2 Å². The summed E-state index contributed by atoms with van der Waals surface area (Å²) in [6, 6.07) is 5.04. The number of benzene rings is 1. The van der Waals surface area contributed by atoms with E-state index in [0.29, 0.717) is 11.4 Å². The monoisotopic (exact) mass is 331 g/mol. The Hall–Kier alpha value is -1.54. The Morgan fingerprint density at radius 3 is 2.83 bits per heavy atom. The lowest BCUT2D eigenvalue weighted by atomic mass is 10.3. The van der Waals surface area contributed by atoms with E-state index >= 15 is 0 Å². The smallest absolute Gasteiger partial charge is 0.279 e. The zero-order chi connectivity index (χ0) is 13.2. The van der Waals surface area contributed by atoms with Gasteiger partial charge in [0.05, 0.1) is 25.3 Å². The summed E-state index contributed by atoms with van der Waals surface area (Å²) in [7, 11) is -2.22. The Morgan fingerprint density at radius 2 is 2.22 bits per heavy atom. The van der Waals surface area contributed by atoms with Gasteiger partial charge in [-0.1, -0.05) is 15.9 Å². The van der Waals surface area contributed by atoms with Crippen LogP contribution in [0.15, 0.2) is 40.2 Å². The third-order valence-electron chi connectivity index (χ3n) is 2.17. The fourth-order valence-corrected chi connectivity index (χ4v) is 2.68. The van der Waals surface area contributed by atoms with Crippen LogP contribution in [0, 0.1) is 0 Å². The number of ether oxygens (including phenoxy) is 1. The van der Waals surface area contributed by atoms with Crippen LogP contribution in [0.2, 0.25) is 0 Å². The van der Waals surface area contributed by atoms with Crippen molar-refractivity contribution in [3.8, 4) is 5.75 Å². The maximum absolute atomic E-state index is 12.0. The number of sulfonamides is 1. The molecule has 18 heavy (non-hydrogen) atoms. The van der Waals surface area contributed by atoms with Crippen molar-refractivity contribution < 1.29 is 13.2 Å². The molecule has 2 rings (SSSR count). The van der Waals surface area contributed by atoms with Crippen LogP contribution in [0.25, 0.3) is 0 Å². The summed E-state index contributed by atoms with van der Waals surface area (Å²) >= 11 is 3.27. The molecule has 0 atom stereocenters. The molecule has 0 unspecified atom stereocenters. The summed E-state index contributed by atoms with van der Waals surface area (Å²) in [6.45, 7) is 0. The van der Waals surface area contributed by atoms with E-state index in [4.69, 9.17) is 4.74 Å². The van der Waals surface area contributed by atoms with Crippen molar-refractivity contribution in [1.29, 1.82) is 0 Å². The largest absolute Gasteiger partial charge is 0.495 e. The third kappa shape index (κ3) is 2.65. The van der Waals surface area contributed by atoms with Crippen LogP contribution in [0.4, 0.5) is 5.69 Å². The predicted octanol–water partition coefficient (Wildman–Crippen LogP) is 1.98. The minimum atomic E-state index is -3.69. The van der Waals surface area contributed by atoms with Gasteiger partial charge in [-0.2, -0.15) is 8.42 Å². The average Bonchev–Trinajstić information content (AvgIpc) is 2.83. The van der Waals surface area contributed by atoms with Crippen molar-refractivity contribution in [2.75, 3.05) is 11.8 Å². The molecule has 0 bridgehead atoms. The Morgan fingerprint density at radius 1 is 1.44 bits per heavy atom. The number of anilines is 1. The SMILES string of the molecule is COc1ccc(Br)cc1NS(=O)(=O)c1cnc[nH]1. The molecular weight excluding hydrogens is 322 g/mol. The summed E-state index contributed by atoms with van der Waals surface area (Å²) in [4.78, 5) is 6.21. The van der Waals surface area contributed by atoms with Crippen molar-refractivity contribution in [3.63, 3.8) is 0 Å². The average molecular weight is 332 g/mol. The lowest BCUT2D eigenvalue weighted by Crippen LogP contribution is -2.14. The molecule has 0 aliphatic heterocycles. The number of nitrogens with one attached hydrogen (secondary N) is 2. The van der Waals surface area contributed by atoms with Gasteiger partial charge in [0.1, 0.15) is 5.75 Å². The molecule has 1 aromatic heterocycles.